The van der Waals surface area contributed by atoms with E-state index in [9.17, 15) is 23.2 Å². The molecule has 0 spiro atoms. The van der Waals surface area contributed by atoms with E-state index >= 15 is 0 Å². The van der Waals surface area contributed by atoms with E-state index in [4.69, 9.17) is 9.84 Å². The molecule has 0 bridgehead atoms. The van der Waals surface area contributed by atoms with E-state index in [2.05, 4.69) is 5.32 Å². The zero-order valence-electron chi connectivity index (χ0n) is 13.6. The van der Waals surface area contributed by atoms with Gasteiger partial charge in [-0.1, -0.05) is 0 Å². The molecule has 1 atom stereocenters. The highest BCUT2D eigenvalue weighted by atomic mass is 19.1. The van der Waals surface area contributed by atoms with E-state index in [0.29, 0.717) is 0 Å². The first-order chi connectivity index (χ1) is 11.8. The molecule has 0 saturated carbocycles. The van der Waals surface area contributed by atoms with Gasteiger partial charge < -0.3 is 20.1 Å². The summed E-state index contributed by atoms with van der Waals surface area (Å²) in [5.74, 6) is -3.66. The number of carboxylic acid groups (broad SMARTS) is 1. The first-order valence-electron chi connectivity index (χ1n) is 7.67. The first-order valence-corrected chi connectivity index (χ1v) is 7.67. The van der Waals surface area contributed by atoms with Gasteiger partial charge in [0.25, 0.3) is 5.91 Å². The van der Waals surface area contributed by atoms with E-state index in [1.807, 2.05) is 0 Å². The molecule has 7 nitrogen and oxygen atoms in total. The van der Waals surface area contributed by atoms with E-state index < -0.39 is 41.1 Å². The molecule has 1 aliphatic rings. The van der Waals surface area contributed by atoms with Gasteiger partial charge in [0.1, 0.15) is 11.6 Å². The van der Waals surface area contributed by atoms with Crippen molar-refractivity contribution in [1.29, 1.82) is 0 Å². The lowest BCUT2D eigenvalue weighted by Gasteiger charge is -2.30. The SMILES string of the molecule is CNC(=O)c1cc(F)c(C(=O)CC[C@H]2CN(C(=O)O)CCO2)c(F)c1. The number of carbonyl (C=O) groups excluding carboxylic acids is 2. The predicted octanol–water partition coefficient (Wildman–Crippen LogP) is 1.67. The summed E-state index contributed by atoms with van der Waals surface area (Å²) in [5.41, 5.74) is -0.930. The number of ketones is 1. The maximum atomic E-state index is 14.0. The highest BCUT2D eigenvalue weighted by Crippen LogP contribution is 2.20. The average Bonchev–Trinajstić information content (AvgIpc) is 2.58. The van der Waals surface area contributed by atoms with Crippen LogP contribution in [0.1, 0.15) is 33.6 Å². The lowest BCUT2D eigenvalue weighted by Crippen LogP contribution is -2.45. The number of morpholine rings is 1. The Balaban J connectivity index is 2.03. The van der Waals surface area contributed by atoms with Gasteiger partial charge in [0.05, 0.1) is 24.8 Å². The minimum Gasteiger partial charge on any atom is -0.465 e. The van der Waals surface area contributed by atoms with Gasteiger partial charge in [0.2, 0.25) is 0 Å². The van der Waals surface area contributed by atoms with Crippen LogP contribution in [0.3, 0.4) is 0 Å². The molecular weight excluding hydrogens is 338 g/mol. The summed E-state index contributed by atoms with van der Waals surface area (Å²) in [4.78, 5) is 35.6. The zero-order chi connectivity index (χ0) is 18.6. The van der Waals surface area contributed by atoms with Crippen molar-refractivity contribution in [1.82, 2.24) is 10.2 Å². The summed E-state index contributed by atoms with van der Waals surface area (Å²) < 4.78 is 33.4. The fourth-order valence-electron chi connectivity index (χ4n) is 2.60. The Morgan fingerprint density at radius 1 is 1.32 bits per heavy atom. The van der Waals surface area contributed by atoms with Crippen molar-refractivity contribution in [3.63, 3.8) is 0 Å². The van der Waals surface area contributed by atoms with Gasteiger partial charge in [0, 0.05) is 25.6 Å². The number of hydrogen-bond acceptors (Lipinski definition) is 4. The van der Waals surface area contributed by atoms with Crippen molar-refractivity contribution in [2.24, 2.45) is 0 Å². The number of Topliss-reactive ketones (excluding diaryl/α,β-unsaturated/α-hetero) is 1. The molecule has 0 radical (unpaired) electrons. The van der Waals surface area contributed by atoms with Crippen LogP contribution in [0.25, 0.3) is 0 Å². The topological polar surface area (TPSA) is 95.9 Å². The molecule has 1 saturated heterocycles. The van der Waals surface area contributed by atoms with Gasteiger partial charge in [-0.2, -0.15) is 0 Å². The lowest BCUT2D eigenvalue weighted by molar-refractivity contribution is -0.0253. The predicted molar refractivity (Wildman–Crippen MR) is 82.7 cm³/mol. The number of rotatable bonds is 5. The molecule has 1 aliphatic heterocycles. The summed E-state index contributed by atoms with van der Waals surface area (Å²) >= 11 is 0. The molecule has 1 fully saturated rings. The molecule has 9 heteroatoms. The Labute approximate surface area is 142 Å². The summed E-state index contributed by atoms with van der Waals surface area (Å²) in [6, 6.07) is 1.61. The van der Waals surface area contributed by atoms with Crippen LogP contribution in [0.4, 0.5) is 13.6 Å². The highest BCUT2D eigenvalue weighted by Gasteiger charge is 2.26. The Hall–Kier alpha value is -2.55. The highest BCUT2D eigenvalue weighted by molar-refractivity contribution is 5.99. The smallest absolute Gasteiger partial charge is 0.407 e. The Morgan fingerprint density at radius 2 is 1.96 bits per heavy atom. The minimum atomic E-state index is -1.11. The number of amides is 2. The van der Waals surface area contributed by atoms with E-state index in [0.717, 1.165) is 17.0 Å². The van der Waals surface area contributed by atoms with Crippen LogP contribution in [0.15, 0.2) is 12.1 Å². The Morgan fingerprint density at radius 3 is 2.52 bits per heavy atom. The third-order valence-corrected chi connectivity index (χ3v) is 3.91. The van der Waals surface area contributed by atoms with Gasteiger partial charge in [-0.15, -0.1) is 0 Å². The number of hydrogen-bond donors (Lipinski definition) is 2. The third-order valence-electron chi connectivity index (χ3n) is 3.91. The van der Waals surface area contributed by atoms with Gasteiger partial charge in [0.15, 0.2) is 5.78 Å². The first kappa shape index (κ1) is 18.8. The molecular formula is C16H18F2N2O5. The monoisotopic (exact) mass is 356 g/mol. The fourth-order valence-corrected chi connectivity index (χ4v) is 2.60. The second-order valence-electron chi connectivity index (χ2n) is 5.58. The quantitative estimate of drug-likeness (QED) is 0.783. The molecule has 0 aliphatic carbocycles. The van der Waals surface area contributed by atoms with Gasteiger partial charge in [-0.05, 0) is 18.6 Å². The zero-order valence-corrected chi connectivity index (χ0v) is 13.6. The number of carbonyl (C=O) groups is 3. The fraction of sp³-hybridized carbons (Fsp3) is 0.438. The molecule has 1 aromatic rings. The third kappa shape index (κ3) is 4.50. The molecule has 2 amide bonds. The van der Waals surface area contributed by atoms with E-state index in [1.165, 1.54) is 7.05 Å². The van der Waals surface area contributed by atoms with E-state index in [1.54, 1.807) is 0 Å². The largest absolute Gasteiger partial charge is 0.465 e. The summed E-state index contributed by atoms with van der Waals surface area (Å²) in [6.45, 7) is 0.544. The standard InChI is InChI=1S/C16H18F2N2O5/c1-19-15(22)9-6-11(17)14(12(18)7-9)13(21)3-2-10-8-20(16(23)24)4-5-25-10/h6-7,10H,2-5,8H2,1H3,(H,19,22)(H,23,24)/t10-/m0/s1. The van der Waals surface area contributed by atoms with Gasteiger partial charge >= 0.3 is 6.09 Å². The van der Waals surface area contributed by atoms with Crippen molar-refractivity contribution < 1.29 is 33.0 Å². The Kier molecular flexibility index (Phi) is 6.02. The van der Waals surface area contributed by atoms with Crippen LogP contribution in [-0.2, 0) is 4.74 Å². The maximum absolute atomic E-state index is 14.0. The van der Waals surface area contributed by atoms with Crippen molar-refractivity contribution in [2.75, 3.05) is 26.7 Å². The molecule has 1 heterocycles. The second kappa shape index (κ2) is 8.02. The molecule has 0 aromatic heterocycles. The van der Waals surface area contributed by atoms with Crippen molar-refractivity contribution >= 4 is 17.8 Å². The molecule has 2 N–H and O–H groups in total. The molecule has 2 rings (SSSR count). The van der Waals surface area contributed by atoms with Crippen LogP contribution in [0, 0.1) is 11.6 Å². The van der Waals surface area contributed by atoms with Crippen LogP contribution in [0.2, 0.25) is 0 Å². The van der Waals surface area contributed by atoms with Crippen molar-refractivity contribution in [3.8, 4) is 0 Å². The lowest BCUT2D eigenvalue weighted by atomic mass is 10.0. The van der Waals surface area contributed by atoms with Crippen molar-refractivity contribution in [2.45, 2.75) is 18.9 Å². The maximum Gasteiger partial charge on any atom is 0.407 e. The number of benzene rings is 1. The molecule has 136 valence electrons. The Bertz CT molecular complexity index is 672. The van der Waals surface area contributed by atoms with Crippen LogP contribution >= 0.6 is 0 Å². The number of ether oxygens (including phenoxy) is 1. The second-order valence-corrected chi connectivity index (χ2v) is 5.58. The van der Waals surface area contributed by atoms with Crippen LogP contribution in [-0.4, -0.2) is 60.6 Å². The van der Waals surface area contributed by atoms with E-state index in [-0.39, 0.29) is 38.1 Å². The summed E-state index contributed by atoms with van der Waals surface area (Å²) in [5, 5.41) is 11.2. The van der Waals surface area contributed by atoms with Gasteiger partial charge in [-0.25, -0.2) is 13.6 Å². The summed E-state index contributed by atoms with van der Waals surface area (Å²) in [6.07, 6.45) is -1.66. The molecule has 1 aromatic carbocycles. The number of nitrogens with zero attached hydrogens (tertiary/aromatic N) is 1. The van der Waals surface area contributed by atoms with Gasteiger partial charge in [-0.3, -0.25) is 9.59 Å². The normalized spacial score (nSPS) is 17.2. The number of halogens is 2. The molecule has 25 heavy (non-hydrogen) atoms. The van der Waals surface area contributed by atoms with Crippen LogP contribution in [0.5, 0.6) is 0 Å². The van der Waals surface area contributed by atoms with Crippen LogP contribution < -0.4 is 5.32 Å². The molecule has 0 unspecified atom stereocenters. The minimum absolute atomic E-state index is 0.100. The summed E-state index contributed by atoms with van der Waals surface area (Å²) in [7, 11) is 1.32. The van der Waals surface area contributed by atoms with Crippen molar-refractivity contribution in [3.05, 3.63) is 34.9 Å². The number of nitrogens with one attached hydrogen (secondary N) is 1. The average molecular weight is 356 g/mol.